The number of benzene rings is 2. The summed E-state index contributed by atoms with van der Waals surface area (Å²) in [5, 5.41) is 18.8. The Balaban J connectivity index is 1.45. The molecule has 0 fully saturated rings. The van der Waals surface area contributed by atoms with Crippen LogP contribution < -0.4 is 16.0 Å². The van der Waals surface area contributed by atoms with Gasteiger partial charge in [-0.25, -0.2) is 9.78 Å². The number of amides is 2. The Hall–Kier alpha value is -4.21. The van der Waals surface area contributed by atoms with Gasteiger partial charge in [-0.05, 0) is 66.8 Å². The van der Waals surface area contributed by atoms with E-state index >= 15 is 0 Å². The molecule has 38 heavy (non-hydrogen) atoms. The van der Waals surface area contributed by atoms with Crippen molar-refractivity contribution in [2.24, 2.45) is 0 Å². The van der Waals surface area contributed by atoms with Crippen molar-refractivity contribution >= 4 is 40.7 Å². The van der Waals surface area contributed by atoms with Crippen molar-refractivity contribution in [3.05, 3.63) is 99.0 Å². The van der Waals surface area contributed by atoms with Crippen LogP contribution in [0.2, 0.25) is 5.02 Å². The molecule has 1 aliphatic carbocycles. The van der Waals surface area contributed by atoms with Crippen molar-refractivity contribution in [2.75, 3.05) is 12.4 Å². The maximum atomic E-state index is 13.1. The van der Waals surface area contributed by atoms with Gasteiger partial charge in [0.1, 0.15) is 5.69 Å². The molecule has 0 radical (unpaired) electrons. The molecule has 0 saturated carbocycles. The number of carbonyl (C=O) groups excluding carboxylic acids is 2. The molecule has 4 aromatic rings. The van der Waals surface area contributed by atoms with Crippen LogP contribution in [0.3, 0.4) is 0 Å². The molecule has 0 unspecified atom stereocenters. The van der Waals surface area contributed by atoms with E-state index in [2.05, 4.69) is 20.9 Å². The first-order valence-electron chi connectivity index (χ1n) is 12.2. The molecule has 0 spiro atoms. The average Bonchev–Trinajstić information content (AvgIpc) is 3.53. The molecule has 2 aromatic carbocycles. The smallest absolute Gasteiger partial charge is 0.335 e. The second-order valence-electron chi connectivity index (χ2n) is 9.15. The number of halogens is 1. The van der Waals surface area contributed by atoms with Crippen LogP contribution in [0.25, 0.3) is 5.65 Å². The summed E-state index contributed by atoms with van der Waals surface area (Å²) in [6, 6.07) is 13.9. The first-order valence-corrected chi connectivity index (χ1v) is 12.5. The van der Waals surface area contributed by atoms with Gasteiger partial charge in [0.2, 0.25) is 0 Å². The average molecular weight is 532 g/mol. The van der Waals surface area contributed by atoms with E-state index in [1.165, 1.54) is 7.05 Å². The number of rotatable bonds is 7. The van der Waals surface area contributed by atoms with Crippen LogP contribution in [0.5, 0.6) is 0 Å². The Labute approximate surface area is 223 Å². The van der Waals surface area contributed by atoms with Crippen molar-refractivity contribution in [2.45, 2.75) is 32.4 Å². The largest absolute Gasteiger partial charge is 0.478 e. The molecule has 1 atom stereocenters. The highest BCUT2D eigenvalue weighted by molar-refractivity contribution is 6.34. The number of anilines is 1. The van der Waals surface area contributed by atoms with Crippen LogP contribution in [0.15, 0.2) is 54.7 Å². The molecule has 9 nitrogen and oxygen atoms in total. The number of nitrogens with zero attached hydrogens (tertiary/aromatic N) is 2. The molecule has 1 aliphatic rings. The minimum absolute atomic E-state index is 0.0248. The molecule has 0 aliphatic heterocycles. The third-order valence-corrected chi connectivity index (χ3v) is 7.31. The third kappa shape index (κ3) is 4.62. The fourth-order valence-corrected chi connectivity index (χ4v) is 5.19. The van der Waals surface area contributed by atoms with Gasteiger partial charge in [0.15, 0.2) is 5.65 Å². The van der Waals surface area contributed by atoms with E-state index in [0.717, 1.165) is 35.2 Å². The van der Waals surface area contributed by atoms with Gasteiger partial charge in [0, 0.05) is 31.5 Å². The van der Waals surface area contributed by atoms with E-state index in [1.54, 1.807) is 53.1 Å². The molecule has 2 heterocycles. The lowest BCUT2D eigenvalue weighted by Gasteiger charge is -2.17. The van der Waals surface area contributed by atoms with Crippen molar-refractivity contribution in [3.8, 4) is 0 Å². The SMILES string of the molecule is CNC(=O)c1cc(CN[C@H]2CCc3c2ccc(C(=O)O)c3C)n2ccc(C(=O)Nc3ccccc3Cl)c2n1. The predicted octanol–water partition coefficient (Wildman–Crippen LogP) is 4.38. The number of aromatic nitrogens is 2. The molecule has 4 N–H and O–H groups in total. The van der Waals surface area contributed by atoms with Gasteiger partial charge in [-0.2, -0.15) is 0 Å². The van der Waals surface area contributed by atoms with Crippen LogP contribution in [0.4, 0.5) is 5.69 Å². The minimum atomic E-state index is -0.926. The Kier molecular flexibility index (Phi) is 6.88. The molecule has 5 rings (SSSR count). The highest BCUT2D eigenvalue weighted by atomic mass is 35.5. The lowest BCUT2D eigenvalue weighted by molar-refractivity contribution is 0.0695. The predicted molar refractivity (Wildman–Crippen MR) is 144 cm³/mol. The van der Waals surface area contributed by atoms with E-state index in [-0.39, 0.29) is 17.6 Å². The number of nitrogens with one attached hydrogen (secondary N) is 3. The Morgan fingerprint density at radius 3 is 2.63 bits per heavy atom. The van der Waals surface area contributed by atoms with Crippen molar-refractivity contribution in [3.63, 3.8) is 0 Å². The topological polar surface area (TPSA) is 125 Å². The Morgan fingerprint density at radius 1 is 1.11 bits per heavy atom. The zero-order chi connectivity index (χ0) is 27.0. The molecule has 0 saturated heterocycles. The fraction of sp³-hybridized carbons (Fsp3) is 0.214. The standard InChI is InChI=1S/C28H26ClN5O4/c1-15-17-9-10-22(19(17)8-7-18(15)28(37)38)31-14-16-13-24(27(36)30-2)32-25-20(11-12-34(16)25)26(35)33-23-6-4-3-5-21(23)29/h3-8,11-13,22,31H,9-10,14H2,1-2H3,(H,30,36)(H,33,35)(H,37,38)/t22-/m0/s1. The molecule has 0 bridgehead atoms. The van der Waals surface area contributed by atoms with Gasteiger partial charge in [-0.3, -0.25) is 9.59 Å². The van der Waals surface area contributed by atoms with Gasteiger partial charge in [-0.1, -0.05) is 29.8 Å². The van der Waals surface area contributed by atoms with Gasteiger partial charge in [0.05, 0.1) is 21.8 Å². The lowest BCUT2D eigenvalue weighted by Crippen LogP contribution is -2.24. The minimum Gasteiger partial charge on any atom is -0.478 e. The number of carbonyl (C=O) groups is 3. The van der Waals surface area contributed by atoms with E-state index in [1.807, 2.05) is 13.0 Å². The zero-order valence-electron chi connectivity index (χ0n) is 20.8. The summed E-state index contributed by atoms with van der Waals surface area (Å²) in [5.74, 6) is -1.68. The van der Waals surface area contributed by atoms with Crippen LogP contribution >= 0.6 is 11.6 Å². The Bertz CT molecular complexity index is 1600. The maximum absolute atomic E-state index is 13.1. The van der Waals surface area contributed by atoms with Crippen molar-refractivity contribution in [1.29, 1.82) is 0 Å². The number of carboxylic acids is 1. The quantitative estimate of drug-likeness (QED) is 0.280. The highest BCUT2D eigenvalue weighted by Crippen LogP contribution is 2.35. The van der Waals surface area contributed by atoms with Crippen LogP contribution in [0, 0.1) is 6.92 Å². The number of carboxylic acid groups (broad SMARTS) is 1. The molecule has 194 valence electrons. The molecular formula is C28H26ClN5O4. The van der Waals surface area contributed by atoms with Gasteiger partial charge >= 0.3 is 5.97 Å². The second-order valence-corrected chi connectivity index (χ2v) is 9.56. The van der Waals surface area contributed by atoms with E-state index in [0.29, 0.717) is 34.0 Å². The maximum Gasteiger partial charge on any atom is 0.335 e. The summed E-state index contributed by atoms with van der Waals surface area (Å²) in [7, 11) is 1.53. The summed E-state index contributed by atoms with van der Waals surface area (Å²) in [5.41, 5.74) is 5.33. The van der Waals surface area contributed by atoms with E-state index < -0.39 is 11.9 Å². The number of hydrogen-bond acceptors (Lipinski definition) is 5. The number of hydrogen-bond donors (Lipinski definition) is 4. The van der Waals surface area contributed by atoms with Crippen molar-refractivity contribution < 1.29 is 19.5 Å². The summed E-state index contributed by atoms with van der Waals surface area (Å²) < 4.78 is 1.79. The normalized spacial score (nSPS) is 14.3. The van der Waals surface area contributed by atoms with Crippen LogP contribution in [0.1, 0.15) is 66.1 Å². The highest BCUT2D eigenvalue weighted by Gasteiger charge is 2.26. The second kappa shape index (κ2) is 10.3. The first-order chi connectivity index (χ1) is 18.3. The molecule has 2 amide bonds. The fourth-order valence-electron chi connectivity index (χ4n) is 5.01. The summed E-state index contributed by atoms with van der Waals surface area (Å²) in [4.78, 5) is 41.7. The number of fused-ring (bicyclic) bond motifs is 2. The molecular weight excluding hydrogens is 506 g/mol. The van der Waals surface area contributed by atoms with Gasteiger partial charge < -0.3 is 25.5 Å². The number of aromatic carboxylic acids is 1. The van der Waals surface area contributed by atoms with Crippen LogP contribution in [-0.4, -0.2) is 39.3 Å². The van der Waals surface area contributed by atoms with E-state index in [4.69, 9.17) is 11.6 Å². The summed E-state index contributed by atoms with van der Waals surface area (Å²) in [6.45, 7) is 2.24. The number of para-hydroxylation sites is 1. The monoisotopic (exact) mass is 531 g/mol. The van der Waals surface area contributed by atoms with Crippen molar-refractivity contribution in [1.82, 2.24) is 20.0 Å². The lowest BCUT2D eigenvalue weighted by atomic mass is 9.98. The first kappa shape index (κ1) is 25.4. The Morgan fingerprint density at radius 2 is 1.89 bits per heavy atom. The molecule has 2 aromatic heterocycles. The van der Waals surface area contributed by atoms with E-state index in [9.17, 15) is 19.5 Å². The molecule has 10 heteroatoms. The van der Waals surface area contributed by atoms with Gasteiger partial charge in [0.25, 0.3) is 11.8 Å². The summed E-state index contributed by atoms with van der Waals surface area (Å²) in [6.07, 6.45) is 3.36. The summed E-state index contributed by atoms with van der Waals surface area (Å²) >= 11 is 6.21. The zero-order valence-corrected chi connectivity index (χ0v) is 21.6. The third-order valence-electron chi connectivity index (χ3n) is 6.98. The van der Waals surface area contributed by atoms with Gasteiger partial charge in [-0.15, -0.1) is 0 Å². The van der Waals surface area contributed by atoms with Crippen LogP contribution in [-0.2, 0) is 13.0 Å².